The van der Waals surface area contributed by atoms with E-state index >= 15 is 0 Å². The zero-order valence-electron chi connectivity index (χ0n) is 11.3. The molecule has 0 saturated heterocycles. The average Bonchev–Trinajstić information content (AvgIpc) is 2.98. The molecule has 0 bridgehead atoms. The third-order valence-corrected chi connectivity index (χ3v) is 3.99. The summed E-state index contributed by atoms with van der Waals surface area (Å²) in [5.74, 6) is -0.321. The second-order valence-electron chi connectivity index (χ2n) is 5.27. The second kappa shape index (κ2) is 5.16. The van der Waals surface area contributed by atoms with E-state index in [4.69, 9.17) is 4.42 Å². The highest BCUT2D eigenvalue weighted by atomic mass is 16.6. The lowest BCUT2D eigenvalue weighted by Gasteiger charge is -2.07. The Kier molecular flexibility index (Phi) is 3.32. The van der Waals surface area contributed by atoms with Gasteiger partial charge in [-0.2, -0.15) is 0 Å². The lowest BCUT2D eigenvalue weighted by molar-refractivity contribution is -0.384. The molecule has 3 rings (SSSR count). The van der Waals surface area contributed by atoms with Crippen LogP contribution in [0.1, 0.15) is 25.7 Å². The summed E-state index contributed by atoms with van der Waals surface area (Å²) in [6.45, 7) is 0.337. The minimum atomic E-state index is -0.545. The number of aryl methyl sites for hydroxylation is 1. The SMILES string of the molecule is O=C1CCCC1CCn1c(=O)oc2ccc([N+](=O)[O-])cc21. The minimum Gasteiger partial charge on any atom is -0.408 e. The maximum atomic E-state index is 11.8. The highest BCUT2D eigenvalue weighted by Crippen LogP contribution is 2.26. The van der Waals surface area contributed by atoms with E-state index < -0.39 is 10.7 Å². The number of carbonyl (C=O) groups excluding carboxylic acids is 1. The van der Waals surface area contributed by atoms with Crippen molar-refractivity contribution in [3.05, 3.63) is 38.9 Å². The Morgan fingerprint density at radius 3 is 2.86 bits per heavy atom. The van der Waals surface area contributed by atoms with Crippen LogP contribution in [0.5, 0.6) is 0 Å². The summed E-state index contributed by atoms with van der Waals surface area (Å²) < 4.78 is 6.44. The van der Waals surface area contributed by atoms with Gasteiger partial charge in [0.25, 0.3) is 5.69 Å². The number of non-ortho nitro benzene ring substituents is 1. The maximum absolute atomic E-state index is 11.8. The van der Waals surface area contributed by atoms with Crippen LogP contribution < -0.4 is 5.76 Å². The lowest BCUT2D eigenvalue weighted by atomic mass is 10.0. The molecule has 1 unspecified atom stereocenters. The number of nitro groups is 1. The topological polar surface area (TPSA) is 95.3 Å². The van der Waals surface area contributed by atoms with Gasteiger partial charge in [0.15, 0.2) is 5.58 Å². The van der Waals surface area contributed by atoms with E-state index in [-0.39, 0.29) is 17.4 Å². The van der Waals surface area contributed by atoms with Crippen molar-refractivity contribution in [2.45, 2.75) is 32.2 Å². The van der Waals surface area contributed by atoms with E-state index in [1.807, 2.05) is 0 Å². The van der Waals surface area contributed by atoms with Crippen LogP contribution in [-0.4, -0.2) is 15.3 Å². The fourth-order valence-corrected chi connectivity index (χ4v) is 2.85. The lowest BCUT2D eigenvalue weighted by Crippen LogP contribution is -2.18. The highest BCUT2D eigenvalue weighted by Gasteiger charge is 2.24. The molecule has 2 aromatic rings. The smallest absolute Gasteiger partial charge is 0.408 e. The molecule has 110 valence electrons. The third kappa shape index (κ3) is 2.46. The van der Waals surface area contributed by atoms with Crippen molar-refractivity contribution >= 4 is 22.6 Å². The molecular formula is C14H14N2O5. The van der Waals surface area contributed by atoms with Gasteiger partial charge in [0.1, 0.15) is 5.78 Å². The molecule has 0 amide bonds. The Balaban J connectivity index is 1.91. The number of hydrogen-bond donors (Lipinski definition) is 0. The fraction of sp³-hybridized carbons (Fsp3) is 0.429. The Morgan fingerprint density at radius 1 is 1.38 bits per heavy atom. The van der Waals surface area contributed by atoms with Crippen molar-refractivity contribution in [2.24, 2.45) is 5.92 Å². The van der Waals surface area contributed by atoms with Gasteiger partial charge in [0.2, 0.25) is 0 Å². The van der Waals surface area contributed by atoms with Crippen molar-refractivity contribution in [3.63, 3.8) is 0 Å². The summed E-state index contributed by atoms with van der Waals surface area (Å²) >= 11 is 0. The number of hydrogen-bond acceptors (Lipinski definition) is 5. The van der Waals surface area contributed by atoms with Gasteiger partial charge >= 0.3 is 5.76 Å². The van der Waals surface area contributed by atoms with E-state index in [2.05, 4.69) is 0 Å². The van der Waals surface area contributed by atoms with Gasteiger partial charge in [-0.1, -0.05) is 0 Å². The number of nitrogens with zero attached hydrogens (tertiary/aromatic N) is 2. The largest absolute Gasteiger partial charge is 0.419 e. The van der Waals surface area contributed by atoms with Crippen LogP contribution in [0.3, 0.4) is 0 Å². The molecule has 7 heteroatoms. The predicted octanol–water partition coefficient (Wildman–Crippen LogP) is 2.26. The highest BCUT2D eigenvalue weighted by molar-refractivity contribution is 5.82. The maximum Gasteiger partial charge on any atom is 0.419 e. The summed E-state index contributed by atoms with van der Waals surface area (Å²) in [4.78, 5) is 33.8. The van der Waals surface area contributed by atoms with Crippen LogP contribution in [0.2, 0.25) is 0 Å². The van der Waals surface area contributed by atoms with Crippen LogP contribution in [0.4, 0.5) is 5.69 Å². The molecule has 0 N–H and O–H groups in total. The van der Waals surface area contributed by atoms with Crippen LogP contribution >= 0.6 is 0 Å². The van der Waals surface area contributed by atoms with Crippen LogP contribution in [-0.2, 0) is 11.3 Å². The summed E-state index contributed by atoms with van der Waals surface area (Å²) in [6, 6.07) is 4.05. The molecule has 0 aliphatic heterocycles. The van der Waals surface area contributed by atoms with E-state index in [1.54, 1.807) is 0 Å². The van der Waals surface area contributed by atoms with E-state index in [9.17, 15) is 19.7 Å². The number of carbonyl (C=O) groups is 1. The monoisotopic (exact) mass is 290 g/mol. The van der Waals surface area contributed by atoms with E-state index in [0.29, 0.717) is 30.5 Å². The molecule has 1 aliphatic carbocycles. The summed E-state index contributed by atoms with van der Waals surface area (Å²) in [5, 5.41) is 10.8. The van der Waals surface area contributed by atoms with Crippen molar-refractivity contribution in [1.82, 2.24) is 4.57 Å². The van der Waals surface area contributed by atoms with Gasteiger partial charge in [-0.05, 0) is 25.3 Å². The van der Waals surface area contributed by atoms with Crippen molar-refractivity contribution in [1.29, 1.82) is 0 Å². The zero-order valence-corrected chi connectivity index (χ0v) is 11.3. The van der Waals surface area contributed by atoms with E-state index in [1.165, 1.54) is 22.8 Å². The summed E-state index contributed by atoms with van der Waals surface area (Å²) in [6.07, 6.45) is 2.92. The molecule has 1 atom stereocenters. The first-order valence-electron chi connectivity index (χ1n) is 6.87. The van der Waals surface area contributed by atoms with Crippen molar-refractivity contribution in [2.75, 3.05) is 0 Å². The van der Waals surface area contributed by atoms with Crippen LogP contribution in [0, 0.1) is 16.0 Å². The Labute approximate surface area is 119 Å². The molecule has 21 heavy (non-hydrogen) atoms. The number of ketones is 1. The normalized spacial score (nSPS) is 18.5. The first kappa shape index (κ1) is 13.5. The van der Waals surface area contributed by atoms with Gasteiger partial charge in [0, 0.05) is 31.0 Å². The van der Waals surface area contributed by atoms with Crippen molar-refractivity contribution in [3.8, 4) is 0 Å². The molecule has 0 spiro atoms. The molecule has 1 heterocycles. The fourth-order valence-electron chi connectivity index (χ4n) is 2.85. The van der Waals surface area contributed by atoms with Crippen molar-refractivity contribution < 1.29 is 14.1 Å². The van der Waals surface area contributed by atoms with Gasteiger partial charge in [-0.25, -0.2) is 4.79 Å². The third-order valence-electron chi connectivity index (χ3n) is 3.99. The first-order valence-corrected chi connectivity index (χ1v) is 6.87. The number of fused-ring (bicyclic) bond motifs is 1. The van der Waals surface area contributed by atoms with Gasteiger partial charge in [-0.15, -0.1) is 0 Å². The number of aromatic nitrogens is 1. The number of nitro benzene ring substituents is 1. The summed E-state index contributed by atoms with van der Waals surface area (Å²) in [5.41, 5.74) is 0.636. The molecular weight excluding hydrogens is 276 g/mol. The minimum absolute atomic E-state index is 0.0134. The molecule has 1 fully saturated rings. The number of rotatable bonds is 4. The van der Waals surface area contributed by atoms with E-state index in [0.717, 1.165) is 12.8 Å². The molecule has 1 aromatic carbocycles. The first-order chi connectivity index (χ1) is 10.1. The number of benzene rings is 1. The second-order valence-corrected chi connectivity index (χ2v) is 5.27. The van der Waals surface area contributed by atoms with Gasteiger partial charge in [-0.3, -0.25) is 19.5 Å². The molecule has 1 saturated carbocycles. The Hall–Kier alpha value is -2.44. The Bertz CT molecular complexity index is 773. The zero-order chi connectivity index (χ0) is 15.0. The Morgan fingerprint density at radius 2 is 2.19 bits per heavy atom. The predicted molar refractivity (Wildman–Crippen MR) is 74.1 cm³/mol. The standard InChI is InChI=1S/C14H14N2O5/c17-12-3-1-2-9(12)6-7-15-11-8-10(16(19)20)4-5-13(11)21-14(15)18/h4-5,8-9H,1-3,6-7H2. The molecule has 1 aliphatic rings. The average molecular weight is 290 g/mol. The quantitative estimate of drug-likeness (QED) is 0.635. The van der Waals surface area contributed by atoms with Gasteiger partial charge < -0.3 is 4.42 Å². The van der Waals surface area contributed by atoms with Crippen LogP contribution in [0.25, 0.3) is 11.1 Å². The molecule has 0 radical (unpaired) electrons. The molecule has 1 aromatic heterocycles. The summed E-state index contributed by atoms with van der Waals surface area (Å²) in [7, 11) is 0. The van der Waals surface area contributed by atoms with Gasteiger partial charge in [0.05, 0.1) is 10.4 Å². The molecule has 7 nitrogen and oxygen atoms in total. The number of oxazole rings is 1. The van der Waals surface area contributed by atoms with Crippen LogP contribution in [0.15, 0.2) is 27.4 Å². The number of Topliss-reactive ketones (excluding diaryl/α,β-unsaturated/α-hetero) is 1.